The highest BCUT2D eigenvalue weighted by atomic mass is 16.5. The van der Waals surface area contributed by atoms with Crippen LogP contribution in [0.4, 0.5) is 0 Å². The van der Waals surface area contributed by atoms with Crippen molar-refractivity contribution in [2.45, 2.75) is 58.1 Å². The van der Waals surface area contributed by atoms with Gasteiger partial charge >= 0.3 is 0 Å². The van der Waals surface area contributed by atoms with Gasteiger partial charge in [0.25, 0.3) is 0 Å². The Hall–Kier alpha value is -0.120. The van der Waals surface area contributed by atoms with E-state index in [0.29, 0.717) is 6.04 Å². The molecule has 0 amide bonds. The van der Waals surface area contributed by atoms with Crippen LogP contribution in [0.2, 0.25) is 0 Å². The fraction of sp³-hybridized carbons (Fsp3) is 1.00. The molecule has 0 aliphatic carbocycles. The molecule has 1 fully saturated rings. The van der Waals surface area contributed by atoms with Gasteiger partial charge in [0.1, 0.15) is 0 Å². The Labute approximate surface area is 113 Å². The topological polar surface area (TPSA) is 24.5 Å². The first-order chi connectivity index (χ1) is 8.53. The average molecular weight is 256 g/mol. The third kappa shape index (κ3) is 4.52. The molecule has 3 nitrogen and oxygen atoms in total. The van der Waals surface area contributed by atoms with Crippen molar-refractivity contribution in [2.75, 3.05) is 33.8 Å². The van der Waals surface area contributed by atoms with E-state index in [1.807, 2.05) is 7.05 Å². The molecule has 2 atom stereocenters. The third-order valence-electron chi connectivity index (χ3n) is 4.51. The van der Waals surface area contributed by atoms with Crippen molar-refractivity contribution < 1.29 is 4.74 Å². The highest BCUT2D eigenvalue weighted by Crippen LogP contribution is 2.22. The van der Waals surface area contributed by atoms with Crippen molar-refractivity contribution in [1.29, 1.82) is 0 Å². The maximum absolute atomic E-state index is 5.58. The zero-order valence-corrected chi connectivity index (χ0v) is 13.0. The van der Waals surface area contributed by atoms with Crippen LogP contribution in [-0.2, 0) is 4.74 Å². The van der Waals surface area contributed by atoms with Crippen LogP contribution in [0.1, 0.15) is 46.5 Å². The molecule has 108 valence electrons. The van der Waals surface area contributed by atoms with E-state index in [2.05, 4.69) is 31.0 Å². The molecule has 0 bridgehead atoms. The van der Waals surface area contributed by atoms with Gasteiger partial charge in [0, 0.05) is 19.7 Å². The van der Waals surface area contributed by atoms with Crippen molar-refractivity contribution >= 4 is 0 Å². The van der Waals surface area contributed by atoms with Crippen LogP contribution in [0.3, 0.4) is 0 Å². The lowest BCUT2D eigenvalue weighted by molar-refractivity contribution is -0.0124. The molecule has 2 unspecified atom stereocenters. The number of rotatable bonds is 8. The highest BCUT2D eigenvalue weighted by molar-refractivity contribution is 4.86. The van der Waals surface area contributed by atoms with E-state index in [4.69, 9.17) is 4.74 Å². The van der Waals surface area contributed by atoms with Crippen LogP contribution >= 0.6 is 0 Å². The van der Waals surface area contributed by atoms with Gasteiger partial charge in [-0.3, -0.25) is 0 Å². The van der Waals surface area contributed by atoms with E-state index in [1.54, 1.807) is 7.11 Å². The molecule has 1 aliphatic rings. The van der Waals surface area contributed by atoms with Gasteiger partial charge in [-0.1, -0.05) is 13.3 Å². The molecule has 0 saturated carbocycles. The Morgan fingerprint density at radius 1 is 1.44 bits per heavy atom. The minimum atomic E-state index is -0.0860. The van der Waals surface area contributed by atoms with E-state index in [1.165, 1.54) is 38.9 Å². The molecular formula is C15H32N2O. The van der Waals surface area contributed by atoms with Crippen LogP contribution in [0.25, 0.3) is 0 Å². The summed E-state index contributed by atoms with van der Waals surface area (Å²) in [5.74, 6) is 0.943. The van der Waals surface area contributed by atoms with Crippen molar-refractivity contribution in [1.82, 2.24) is 10.2 Å². The van der Waals surface area contributed by atoms with Crippen LogP contribution in [-0.4, -0.2) is 50.3 Å². The molecule has 0 spiro atoms. The zero-order valence-electron chi connectivity index (χ0n) is 13.0. The quantitative estimate of drug-likeness (QED) is 0.722. The Bertz CT molecular complexity index is 231. The maximum Gasteiger partial charge on any atom is 0.0775 e. The fourth-order valence-corrected chi connectivity index (χ4v) is 3.05. The minimum Gasteiger partial charge on any atom is -0.377 e. The second-order valence-corrected chi connectivity index (χ2v) is 6.18. The van der Waals surface area contributed by atoms with Gasteiger partial charge in [0.05, 0.1) is 5.60 Å². The standard InChI is InChI=1S/C15H32N2O/c1-6-7-13-8-10-17(12-13)11-9-14(16-4)15(2,3)18-5/h13-14,16H,6-12H2,1-5H3. The van der Waals surface area contributed by atoms with Crippen molar-refractivity contribution in [2.24, 2.45) is 5.92 Å². The SMILES string of the molecule is CCCC1CCN(CCC(NC)C(C)(C)OC)C1. The van der Waals surface area contributed by atoms with E-state index < -0.39 is 0 Å². The summed E-state index contributed by atoms with van der Waals surface area (Å²) in [7, 11) is 3.84. The molecule has 0 aromatic heterocycles. The van der Waals surface area contributed by atoms with E-state index in [0.717, 1.165) is 12.3 Å². The minimum absolute atomic E-state index is 0.0860. The monoisotopic (exact) mass is 256 g/mol. The number of likely N-dealkylation sites (tertiary alicyclic amines) is 1. The number of methoxy groups -OCH3 is 1. The normalized spacial score (nSPS) is 23.5. The summed E-state index contributed by atoms with van der Waals surface area (Å²) in [6.07, 6.45) is 5.28. The number of likely N-dealkylation sites (N-methyl/N-ethyl adjacent to an activating group) is 1. The maximum atomic E-state index is 5.58. The Kier molecular flexibility index (Phi) is 6.61. The summed E-state index contributed by atoms with van der Waals surface area (Å²) < 4.78 is 5.58. The van der Waals surface area contributed by atoms with E-state index >= 15 is 0 Å². The average Bonchev–Trinajstić information content (AvgIpc) is 2.78. The third-order valence-corrected chi connectivity index (χ3v) is 4.51. The first kappa shape index (κ1) is 15.9. The van der Waals surface area contributed by atoms with Crippen LogP contribution in [0, 0.1) is 5.92 Å². The lowest BCUT2D eigenvalue weighted by Gasteiger charge is -2.34. The van der Waals surface area contributed by atoms with Gasteiger partial charge in [-0.05, 0) is 59.2 Å². The van der Waals surface area contributed by atoms with Crippen molar-refractivity contribution in [3.05, 3.63) is 0 Å². The number of nitrogens with one attached hydrogen (secondary N) is 1. The molecule has 1 saturated heterocycles. The molecule has 1 aliphatic heterocycles. The van der Waals surface area contributed by atoms with Gasteiger partial charge in [-0.2, -0.15) is 0 Å². The van der Waals surface area contributed by atoms with Crippen LogP contribution < -0.4 is 5.32 Å². The molecule has 0 radical (unpaired) electrons. The van der Waals surface area contributed by atoms with Gasteiger partial charge < -0.3 is 15.0 Å². The Morgan fingerprint density at radius 3 is 2.72 bits per heavy atom. The second kappa shape index (κ2) is 7.46. The highest BCUT2D eigenvalue weighted by Gasteiger charge is 2.29. The number of hydrogen-bond donors (Lipinski definition) is 1. The van der Waals surface area contributed by atoms with E-state index in [-0.39, 0.29) is 5.60 Å². The molecule has 1 N–H and O–H groups in total. The Balaban J connectivity index is 2.32. The molecule has 3 heteroatoms. The van der Waals surface area contributed by atoms with Crippen LogP contribution in [0.5, 0.6) is 0 Å². The fourth-order valence-electron chi connectivity index (χ4n) is 3.05. The zero-order chi connectivity index (χ0) is 13.6. The van der Waals surface area contributed by atoms with Crippen molar-refractivity contribution in [3.63, 3.8) is 0 Å². The lowest BCUT2D eigenvalue weighted by atomic mass is 9.95. The smallest absolute Gasteiger partial charge is 0.0775 e. The van der Waals surface area contributed by atoms with E-state index in [9.17, 15) is 0 Å². The largest absolute Gasteiger partial charge is 0.377 e. The molecule has 1 rings (SSSR count). The van der Waals surface area contributed by atoms with Gasteiger partial charge in [-0.15, -0.1) is 0 Å². The van der Waals surface area contributed by atoms with Gasteiger partial charge in [-0.25, -0.2) is 0 Å². The summed E-state index contributed by atoms with van der Waals surface area (Å²) in [6, 6.07) is 0.424. The molecule has 1 heterocycles. The molecular weight excluding hydrogens is 224 g/mol. The molecule has 0 aromatic rings. The second-order valence-electron chi connectivity index (χ2n) is 6.18. The molecule has 18 heavy (non-hydrogen) atoms. The first-order valence-electron chi connectivity index (χ1n) is 7.48. The molecule has 0 aromatic carbocycles. The summed E-state index contributed by atoms with van der Waals surface area (Å²) in [4.78, 5) is 2.62. The van der Waals surface area contributed by atoms with Gasteiger partial charge in [0.15, 0.2) is 0 Å². The number of ether oxygens (including phenoxy) is 1. The van der Waals surface area contributed by atoms with Crippen molar-refractivity contribution in [3.8, 4) is 0 Å². The predicted octanol–water partition coefficient (Wildman–Crippen LogP) is 2.51. The first-order valence-corrected chi connectivity index (χ1v) is 7.48. The summed E-state index contributed by atoms with van der Waals surface area (Å²) in [5, 5.41) is 3.40. The Morgan fingerprint density at radius 2 is 2.17 bits per heavy atom. The summed E-state index contributed by atoms with van der Waals surface area (Å²) in [5.41, 5.74) is -0.0860. The number of hydrogen-bond acceptors (Lipinski definition) is 3. The lowest BCUT2D eigenvalue weighted by Crippen LogP contribution is -2.48. The van der Waals surface area contributed by atoms with Crippen LogP contribution in [0.15, 0.2) is 0 Å². The summed E-state index contributed by atoms with van der Waals surface area (Å²) >= 11 is 0. The predicted molar refractivity (Wildman–Crippen MR) is 78.0 cm³/mol. The number of nitrogens with zero attached hydrogens (tertiary/aromatic N) is 1. The van der Waals surface area contributed by atoms with Gasteiger partial charge in [0.2, 0.25) is 0 Å². The summed E-state index contributed by atoms with van der Waals surface area (Å²) in [6.45, 7) is 10.4.